The average Bonchev–Trinajstić information content (AvgIpc) is 2.76. The molecule has 0 aromatic heterocycles. The molecule has 0 fully saturated rings. The van der Waals surface area contributed by atoms with Crippen molar-refractivity contribution < 1.29 is 79.4 Å². The fourth-order valence-electron chi connectivity index (χ4n) is 2.93. The van der Waals surface area contributed by atoms with Crippen LogP contribution in [0.5, 0.6) is 5.75 Å². The second-order valence-electron chi connectivity index (χ2n) is 8.39. The zero-order valence-corrected chi connectivity index (χ0v) is 19.3. The summed E-state index contributed by atoms with van der Waals surface area (Å²) in [5.74, 6) is -56.2. The van der Waals surface area contributed by atoms with E-state index in [1.54, 1.807) is 13.8 Å². The van der Waals surface area contributed by atoms with Gasteiger partial charge in [0.25, 0.3) is 0 Å². The van der Waals surface area contributed by atoms with Gasteiger partial charge in [0, 0.05) is 12.0 Å². The Labute approximate surface area is 208 Å². The van der Waals surface area contributed by atoms with E-state index in [0.29, 0.717) is 0 Å². The van der Waals surface area contributed by atoms with E-state index >= 15 is 0 Å². The number of hydrogen-bond donors (Lipinski definition) is 0. The van der Waals surface area contributed by atoms with Crippen molar-refractivity contribution in [2.75, 3.05) is 0 Å². The molecule has 0 unspecified atom stereocenters. The minimum Gasteiger partial charge on any atom is -0.490 e. The zero-order valence-electron chi connectivity index (χ0n) is 19.3. The third-order valence-corrected chi connectivity index (χ3v) is 5.17. The molecule has 0 radical (unpaired) electrons. The molecule has 1 nitrogen and oxygen atoms in total. The molecule has 0 aliphatic heterocycles. The highest BCUT2D eigenvalue weighted by atomic mass is 19.4. The molecule has 1 rings (SSSR count). The topological polar surface area (TPSA) is 9.23 Å². The van der Waals surface area contributed by atoms with Gasteiger partial charge in [0.2, 0.25) is 0 Å². The molecule has 226 valence electrons. The highest BCUT2D eigenvalue weighted by Crippen LogP contribution is 2.64. The van der Waals surface area contributed by atoms with Crippen molar-refractivity contribution in [2.45, 2.75) is 80.4 Å². The third-order valence-electron chi connectivity index (χ3n) is 5.17. The largest absolute Gasteiger partial charge is 0.490 e. The smallest absolute Gasteiger partial charge is 0.460 e. The Balaban J connectivity index is 3.43. The van der Waals surface area contributed by atoms with Crippen LogP contribution in [-0.2, 0) is 6.42 Å². The number of rotatable bonds is 12. The van der Waals surface area contributed by atoms with Crippen molar-refractivity contribution in [1.82, 2.24) is 0 Å². The quantitative estimate of drug-likeness (QED) is 0.215. The van der Waals surface area contributed by atoms with E-state index in [1.165, 1.54) is 0 Å². The van der Waals surface area contributed by atoms with E-state index < -0.39 is 66.6 Å². The maximum absolute atomic E-state index is 14.1. The van der Waals surface area contributed by atoms with Gasteiger partial charge in [-0.3, -0.25) is 0 Å². The Hall–Kier alpha value is -2.43. The first kappa shape index (κ1) is 34.6. The van der Waals surface area contributed by atoms with E-state index in [-0.39, 0.29) is 16.9 Å². The predicted octanol–water partition coefficient (Wildman–Crippen LogP) is 9.06. The molecule has 0 bridgehead atoms. The summed E-state index contributed by atoms with van der Waals surface area (Å²) < 4.78 is 232. The van der Waals surface area contributed by atoms with Gasteiger partial charge in [0.1, 0.15) is 5.75 Å². The normalized spacial score (nSPS) is 15.1. The lowest BCUT2D eigenvalue weighted by Gasteiger charge is -2.42. The summed E-state index contributed by atoms with van der Waals surface area (Å²) in [6.45, 7) is 6.45. The summed E-state index contributed by atoms with van der Waals surface area (Å²) in [7, 11) is 0. The Bertz CT molecular complexity index is 1020. The van der Waals surface area contributed by atoms with Gasteiger partial charge in [0.05, 0.1) is 6.10 Å². The summed E-state index contributed by atoms with van der Waals surface area (Å²) in [5, 5.41) is 0. The second kappa shape index (κ2) is 10.2. The lowest BCUT2D eigenvalue weighted by atomic mass is 9.87. The van der Waals surface area contributed by atoms with Crippen LogP contribution < -0.4 is 4.74 Å². The summed E-state index contributed by atoms with van der Waals surface area (Å²) in [6.07, 6.45) is -11.1. The van der Waals surface area contributed by atoms with Crippen molar-refractivity contribution in [1.29, 1.82) is 0 Å². The molecule has 18 heteroatoms. The number of halogens is 17. The van der Waals surface area contributed by atoms with E-state index in [0.717, 1.165) is 24.3 Å². The average molecular weight is 608 g/mol. The standard InChI is InChI=1S/C21H17F17O/c1-4-12-9-11(5-6-13(12)39-10(2)3)7-8-14(22,23)15(24,25)16(26,27)17(28,29)18(30,31)19(32,33)20(34,35)21(36,37)38/h4-6,9-10H,1,7-8H2,2-3H3. The maximum Gasteiger partial charge on any atom is 0.460 e. The number of alkyl halides is 17. The molecular weight excluding hydrogens is 591 g/mol. The summed E-state index contributed by atoms with van der Waals surface area (Å²) in [5.41, 5.74) is -0.339. The Morgan fingerprint density at radius 1 is 0.667 bits per heavy atom. The minimum atomic E-state index is -8.63. The highest BCUT2D eigenvalue weighted by molar-refractivity contribution is 5.57. The van der Waals surface area contributed by atoms with Crippen LogP contribution >= 0.6 is 0 Å². The molecule has 1 aromatic carbocycles. The van der Waals surface area contributed by atoms with Crippen LogP contribution in [0.1, 0.15) is 31.4 Å². The van der Waals surface area contributed by atoms with Gasteiger partial charge < -0.3 is 4.74 Å². The van der Waals surface area contributed by atoms with Crippen LogP contribution in [0.4, 0.5) is 74.6 Å². The van der Waals surface area contributed by atoms with Gasteiger partial charge >= 0.3 is 47.6 Å². The van der Waals surface area contributed by atoms with Crippen LogP contribution in [0.2, 0.25) is 0 Å². The monoisotopic (exact) mass is 608 g/mol. The van der Waals surface area contributed by atoms with Gasteiger partial charge in [-0.15, -0.1) is 0 Å². The van der Waals surface area contributed by atoms with Crippen LogP contribution in [0.3, 0.4) is 0 Å². The van der Waals surface area contributed by atoms with Crippen LogP contribution in [0.15, 0.2) is 24.8 Å². The molecule has 0 aliphatic rings. The lowest BCUT2D eigenvalue weighted by Crippen LogP contribution is -2.74. The molecule has 0 saturated carbocycles. The van der Waals surface area contributed by atoms with Gasteiger partial charge in [-0.25, -0.2) is 0 Å². The first-order valence-corrected chi connectivity index (χ1v) is 10.2. The summed E-state index contributed by atoms with van der Waals surface area (Å²) in [6, 6.07) is 2.94. The number of hydrogen-bond acceptors (Lipinski definition) is 1. The number of benzene rings is 1. The van der Waals surface area contributed by atoms with Gasteiger partial charge in [-0.2, -0.15) is 74.6 Å². The first-order valence-electron chi connectivity index (χ1n) is 10.2. The Kier molecular flexibility index (Phi) is 9.04. The third kappa shape index (κ3) is 5.47. The fraction of sp³-hybridized carbons (Fsp3) is 0.619. The minimum absolute atomic E-state index is 0.0422. The summed E-state index contributed by atoms with van der Waals surface area (Å²) in [4.78, 5) is 0. The van der Waals surface area contributed by atoms with Gasteiger partial charge in [-0.1, -0.05) is 18.7 Å². The SMILES string of the molecule is C=Cc1cc(CCC(F)(F)C(F)(F)C(F)(F)C(F)(F)C(F)(F)C(F)(F)C(F)(F)C(F)(F)F)ccc1OC(C)C. The molecule has 0 N–H and O–H groups in total. The van der Waals surface area contributed by atoms with Gasteiger partial charge in [-0.05, 0) is 38.0 Å². The molecule has 0 atom stereocenters. The van der Waals surface area contributed by atoms with Gasteiger partial charge in [0.15, 0.2) is 0 Å². The first-order chi connectivity index (χ1) is 17.1. The van der Waals surface area contributed by atoms with E-state index in [1.807, 2.05) is 0 Å². The Morgan fingerprint density at radius 2 is 1.08 bits per heavy atom. The van der Waals surface area contributed by atoms with Crippen LogP contribution in [0.25, 0.3) is 6.08 Å². The van der Waals surface area contributed by atoms with E-state index in [2.05, 4.69) is 6.58 Å². The molecule has 1 aromatic rings. The Morgan fingerprint density at radius 3 is 1.46 bits per heavy atom. The lowest BCUT2D eigenvalue weighted by molar-refractivity contribution is -0.461. The molecular formula is C21H17F17O. The number of ether oxygens (including phenoxy) is 1. The fourth-order valence-corrected chi connectivity index (χ4v) is 2.93. The van der Waals surface area contributed by atoms with Crippen LogP contribution in [0, 0.1) is 0 Å². The van der Waals surface area contributed by atoms with Crippen molar-refractivity contribution in [3.8, 4) is 5.75 Å². The van der Waals surface area contributed by atoms with E-state index in [9.17, 15) is 74.6 Å². The predicted molar refractivity (Wildman–Crippen MR) is 101 cm³/mol. The zero-order chi connectivity index (χ0) is 31.3. The molecule has 0 saturated heterocycles. The van der Waals surface area contributed by atoms with Crippen molar-refractivity contribution >= 4 is 6.08 Å². The van der Waals surface area contributed by atoms with Crippen LogP contribution in [-0.4, -0.2) is 53.7 Å². The van der Waals surface area contributed by atoms with Crippen molar-refractivity contribution in [2.24, 2.45) is 0 Å². The molecule has 0 heterocycles. The van der Waals surface area contributed by atoms with Crippen molar-refractivity contribution in [3.63, 3.8) is 0 Å². The maximum atomic E-state index is 14.1. The van der Waals surface area contributed by atoms with E-state index in [4.69, 9.17) is 4.74 Å². The molecule has 0 amide bonds. The molecule has 0 aliphatic carbocycles. The summed E-state index contributed by atoms with van der Waals surface area (Å²) >= 11 is 0. The highest BCUT2D eigenvalue weighted by Gasteiger charge is 2.95. The molecule has 0 spiro atoms. The molecule has 39 heavy (non-hydrogen) atoms. The number of aryl methyl sites for hydroxylation is 1. The van der Waals surface area contributed by atoms with Crippen molar-refractivity contribution in [3.05, 3.63) is 35.9 Å². The second-order valence-corrected chi connectivity index (χ2v) is 8.39.